The number of nitrogens with zero attached hydrogens (tertiary/aromatic N) is 2. The molecule has 0 radical (unpaired) electrons. The number of anilines is 1. The average molecular weight is 277 g/mol. The third kappa shape index (κ3) is 3.28. The molecule has 2 heterocycles. The van der Waals surface area contributed by atoms with Gasteiger partial charge in [0.15, 0.2) is 0 Å². The zero-order valence-electron chi connectivity index (χ0n) is 12.7. The van der Waals surface area contributed by atoms with Crippen molar-refractivity contribution in [3.8, 4) is 0 Å². The third-order valence-corrected chi connectivity index (χ3v) is 3.48. The predicted octanol–water partition coefficient (Wildman–Crippen LogP) is 1.75. The van der Waals surface area contributed by atoms with E-state index in [4.69, 9.17) is 4.74 Å². The fourth-order valence-corrected chi connectivity index (χ4v) is 2.45. The fourth-order valence-electron chi connectivity index (χ4n) is 2.45. The van der Waals surface area contributed by atoms with Crippen LogP contribution in [0.5, 0.6) is 0 Å². The maximum atomic E-state index is 11.9. The minimum Gasteiger partial charge on any atom is -0.462 e. The van der Waals surface area contributed by atoms with Crippen LogP contribution in [-0.2, 0) is 4.74 Å². The summed E-state index contributed by atoms with van der Waals surface area (Å²) < 4.78 is 5.09. The first-order chi connectivity index (χ1) is 9.43. The first kappa shape index (κ1) is 14.8. The van der Waals surface area contributed by atoms with Crippen molar-refractivity contribution in [2.75, 3.05) is 31.1 Å². The SMILES string of the molecule is CCOC(=O)c1cc(N2CCNC(C)(C)C2)ncc1C. The highest BCUT2D eigenvalue weighted by atomic mass is 16.5. The Balaban J connectivity index is 2.25. The molecule has 20 heavy (non-hydrogen) atoms. The van der Waals surface area contributed by atoms with Gasteiger partial charge in [0.2, 0.25) is 0 Å². The van der Waals surface area contributed by atoms with Crippen molar-refractivity contribution in [1.82, 2.24) is 10.3 Å². The normalized spacial score (nSPS) is 17.9. The van der Waals surface area contributed by atoms with Crippen molar-refractivity contribution in [2.45, 2.75) is 33.2 Å². The van der Waals surface area contributed by atoms with E-state index >= 15 is 0 Å². The van der Waals surface area contributed by atoms with Crippen molar-refractivity contribution < 1.29 is 9.53 Å². The van der Waals surface area contributed by atoms with Gasteiger partial charge in [0.25, 0.3) is 0 Å². The number of piperazine rings is 1. The van der Waals surface area contributed by atoms with E-state index in [0.29, 0.717) is 12.2 Å². The first-order valence-electron chi connectivity index (χ1n) is 7.07. The van der Waals surface area contributed by atoms with Gasteiger partial charge in [0.1, 0.15) is 5.82 Å². The van der Waals surface area contributed by atoms with Gasteiger partial charge >= 0.3 is 5.97 Å². The number of hydrogen-bond donors (Lipinski definition) is 1. The Morgan fingerprint density at radius 2 is 2.30 bits per heavy atom. The molecule has 1 fully saturated rings. The molecule has 0 unspecified atom stereocenters. The van der Waals surface area contributed by atoms with E-state index in [9.17, 15) is 4.79 Å². The summed E-state index contributed by atoms with van der Waals surface area (Å²) in [4.78, 5) is 18.6. The molecular formula is C15H23N3O2. The molecule has 1 N–H and O–H groups in total. The number of ether oxygens (including phenoxy) is 1. The number of aryl methyl sites for hydroxylation is 1. The summed E-state index contributed by atoms with van der Waals surface area (Å²) in [6.07, 6.45) is 1.75. The van der Waals surface area contributed by atoms with Crippen LogP contribution in [0.2, 0.25) is 0 Å². The molecule has 0 spiro atoms. The van der Waals surface area contributed by atoms with Crippen LogP contribution in [0.1, 0.15) is 36.7 Å². The molecule has 0 atom stereocenters. The minimum atomic E-state index is -0.275. The van der Waals surface area contributed by atoms with E-state index in [0.717, 1.165) is 31.0 Å². The molecule has 1 aliphatic rings. The number of carbonyl (C=O) groups is 1. The summed E-state index contributed by atoms with van der Waals surface area (Å²) >= 11 is 0. The van der Waals surface area contributed by atoms with Crippen molar-refractivity contribution in [1.29, 1.82) is 0 Å². The Kier molecular flexibility index (Phi) is 4.28. The highest BCUT2D eigenvalue weighted by Crippen LogP contribution is 2.21. The summed E-state index contributed by atoms with van der Waals surface area (Å²) in [7, 11) is 0. The van der Waals surface area contributed by atoms with Crippen molar-refractivity contribution in [3.63, 3.8) is 0 Å². The van der Waals surface area contributed by atoms with Crippen LogP contribution in [0.15, 0.2) is 12.3 Å². The number of carbonyl (C=O) groups excluding carboxylic acids is 1. The molecule has 0 bridgehead atoms. The van der Waals surface area contributed by atoms with E-state index in [1.165, 1.54) is 0 Å². The molecule has 2 rings (SSSR count). The smallest absolute Gasteiger partial charge is 0.338 e. The van der Waals surface area contributed by atoms with Gasteiger partial charge in [-0.05, 0) is 39.3 Å². The Labute approximate surface area is 120 Å². The van der Waals surface area contributed by atoms with Crippen LogP contribution < -0.4 is 10.2 Å². The summed E-state index contributed by atoms with van der Waals surface area (Å²) in [6, 6.07) is 1.84. The van der Waals surface area contributed by atoms with Gasteiger partial charge in [-0.1, -0.05) is 0 Å². The Hall–Kier alpha value is -1.62. The molecule has 5 heteroatoms. The van der Waals surface area contributed by atoms with Crippen molar-refractivity contribution in [3.05, 3.63) is 23.4 Å². The van der Waals surface area contributed by atoms with Gasteiger partial charge in [-0.3, -0.25) is 0 Å². The van der Waals surface area contributed by atoms with Crippen LogP contribution in [0, 0.1) is 6.92 Å². The first-order valence-corrected chi connectivity index (χ1v) is 7.07. The third-order valence-electron chi connectivity index (χ3n) is 3.48. The van der Waals surface area contributed by atoms with Gasteiger partial charge in [-0.2, -0.15) is 0 Å². The summed E-state index contributed by atoms with van der Waals surface area (Å²) in [5.74, 6) is 0.566. The van der Waals surface area contributed by atoms with Crippen molar-refractivity contribution >= 4 is 11.8 Å². The van der Waals surface area contributed by atoms with Crippen LogP contribution >= 0.6 is 0 Å². The van der Waals surface area contributed by atoms with E-state index in [1.807, 2.05) is 19.9 Å². The largest absolute Gasteiger partial charge is 0.462 e. The molecule has 110 valence electrons. The lowest BCUT2D eigenvalue weighted by molar-refractivity contribution is 0.0525. The molecule has 0 aliphatic carbocycles. The number of aromatic nitrogens is 1. The molecule has 1 aliphatic heterocycles. The molecule has 0 saturated carbocycles. The van der Waals surface area contributed by atoms with Crippen LogP contribution in [0.3, 0.4) is 0 Å². The zero-order chi connectivity index (χ0) is 14.8. The molecule has 0 aromatic carbocycles. The summed E-state index contributed by atoms with van der Waals surface area (Å²) in [5, 5.41) is 3.47. The van der Waals surface area contributed by atoms with Crippen LogP contribution in [0.4, 0.5) is 5.82 Å². The second kappa shape index (κ2) is 5.79. The highest BCUT2D eigenvalue weighted by molar-refractivity contribution is 5.91. The molecule has 0 amide bonds. The Morgan fingerprint density at radius 3 is 2.95 bits per heavy atom. The van der Waals surface area contributed by atoms with E-state index < -0.39 is 0 Å². The van der Waals surface area contributed by atoms with Crippen LogP contribution in [0.25, 0.3) is 0 Å². The number of rotatable bonds is 3. The molecule has 1 aromatic rings. The second-order valence-electron chi connectivity index (χ2n) is 5.81. The van der Waals surface area contributed by atoms with E-state index in [1.54, 1.807) is 6.20 Å². The zero-order valence-corrected chi connectivity index (χ0v) is 12.7. The average Bonchev–Trinajstić information content (AvgIpc) is 2.38. The van der Waals surface area contributed by atoms with E-state index in [2.05, 4.69) is 29.0 Å². The molecule has 5 nitrogen and oxygen atoms in total. The lowest BCUT2D eigenvalue weighted by Gasteiger charge is -2.39. The number of pyridine rings is 1. The monoisotopic (exact) mass is 277 g/mol. The topological polar surface area (TPSA) is 54.5 Å². The Morgan fingerprint density at radius 1 is 1.55 bits per heavy atom. The van der Waals surface area contributed by atoms with Gasteiger partial charge in [-0.15, -0.1) is 0 Å². The quantitative estimate of drug-likeness (QED) is 0.853. The number of esters is 1. The highest BCUT2D eigenvalue weighted by Gasteiger charge is 2.27. The number of nitrogens with one attached hydrogen (secondary N) is 1. The fraction of sp³-hybridized carbons (Fsp3) is 0.600. The van der Waals surface area contributed by atoms with Gasteiger partial charge in [0, 0.05) is 31.4 Å². The molecule has 1 saturated heterocycles. The predicted molar refractivity (Wildman–Crippen MR) is 79.2 cm³/mol. The van der Waals surface area contributed by atoms with Gasteiger partial charge in [-0.25, -0.2) is 9.78 Å². The number of hydrogen-bond acceptors (Lipinski definition) is 5. The van der Waals surface area contributed by atoms with Gasteiger partial charge in [0.05, 0.1) is 12.2 Å². The van der Waals surface area contributed by atoms with Crippen molar-refractivity contribution in [2.24, 2.45) is 0 Å². The maximum absolute atomic E-state index is 11.9. The molecular weight excluding hydrogens is 254 g/mol. The lowest BCUT2D eigenvalue weighted by atomic mass is 10.0. The second-order valence-corrected chi connectivity index (χ2v) is 5.81. The Bertz CT molecular complexity index is 500. The van der Waals surface area contributed by atoms with E-state index in [-0.39, 0.29) is 11.5 Å². The van der Waals surface area contributed by atoms with Gasteiger partial charge < -0.3 is 15.0 Å². The lowest BCUT2D eigenvalue weighted by Crippen LogP contribution is -2.57. The van der Waals surface area contributed by atoms with Crippen LogP contribution in [-0.4, -0.2) is 42.7 Å². The maximum Gasteiger partial charge on any atom is 0.338 e. The summed E-state index contributed by atoms with van der Waals surface area (Å²) in [5.41, 5.74) is 1.50. The minimum absolute atomic E-state index is 0.0505. The standard InChI is InChI=1S/C15H23N3O2/c1-5-20-14(19)12-8-13(16-9-11(12)2)18-7-6-17-15(3,4)10-18/h8-9,17H,5-7,10H2,1-4H3. The summed E-state index contributed by atoms with van der Waals surface area (Å²) in [6.45, 7) is 11.1. The molecule has 1 aromatic heterocycles.